The van der Waals surface area contributed by atoms with Crippen LogP contribution in [0.4, 0.5) is 19.1 Å². The first-order valence-corrected chi connectivity index (χ1v) is 7.65. The number of aryl methyl sites for hydroxylation is 1. The van der Waals surface area contributed by atoms with E-state index in [0.29, 0.717) is 9.04 Å². The number of carbonyl (C=O) groups is 2. The molecule has 1 aliphatic heterocycles. The lowest BCUT2D eigenvalue weighted by Gasteiger charge is -2.31. The molecule has 0 spiro atoms. The van der Waals surface area contributed by atoms with Crippen molar-refractivity contribution in [2.45, 2.75) is 32.6 Å². The second kappa shape index (κ2) is 4.95. The highest BCUT2D eigenvalue weighted by atomic mass is 79.9. The normalized spacial score (nSPS) is 20.2. The van der Waals surface area contributed by atoms with Crippen LogP contribution in [0.15, 0.2) is 10.5 Å². The van der Waals surface area contributed by atoms with Gasteiger partial charge in [-0.05, 0) is 47.0 Å². The van der Waals surface area contributed by atoms with E-state index >= 15 is 0 Å². The molecule has 10 heteroatoms. The molecule has 2 N–H and O–H groups in total. The van der Waals surface area contributed by atoms with Gasteiger partial charge in [-0.2, -0.15) is 13.2 Å². The number of nitrogens with zero attached hydrogens (tertiary/aromatic N) is 2. The Hall–Kier alpha value is -2.10. The lowest BCUT2D eigenvalue weighted by atomic mass is 10.1. The fraction of sp³-hybridized carbons (Fsp3) is 0.357. The van der Waals surface area contributed by atoms with Gasteiger partial charge in [-0.15, -0.1) is 0 Å². The van der Waals surface area contributed by atoms with Gasteiger partial charge in [0.15, 0.2) is 0 Å². The number of aromatic nitrogens is 2. The van der Waals surface area contributed by atoms with Gasteiger partial charge in [-0.1, -0.05) is 0 Å². The summed E-state index contributed by atoms with van der Waals surface area (Å²) in [6, 6.07) is 1.51. The van der Waals surface area contributed by atoms with Crippen LogP contribution in [0.3, 0.4) is 0 Å². The van der Waals surface area contributed by atoms with Crippen molar-refractivity contribution in [2.75, 3.05) is 5.32 Å². The summed E-state index contributed by atoms with van der Waals surface area (Å²) in [5, 5.41) is 3.88. The van der Waals surface area contributed by atoms with E-state index in [1.54, 1.807) is 19.2 Å². The molecule has 1 aromatic heterocycles. The van der Waals surface area contributed by atoms with Crippen molar-refractivity contribution in [1.29, 1.82) is 0 Å². The topological polar surface area (TPSA) is 76.0 Å². The van der Waals surface area contributed by atoms with Crippen molar-refractivity contribution in [3.63, 3.8) is 0 Å². The van der Waals surface area contributed by atoms with Gasteiger partial charge in [-0.3, -0.25) is 19.5 Å². The Kier molecular flexibility index (Phi) is 3.45. The fourth-order valence-electron chi connectivity index (χ4n) is 2.80. The van der Waals surface area contributed by atoms with Crippen molar-refractivity contribution in [2.24, 2.45) is 0 Å². The molecule has 1 aliphatic rings. The molecule has 1 aromatic carbocycles. The molecule has 128 valence electrons. The predicted octanol–water partition coefficient (Wildman–Crippen LogP) is 2.72. The van der Waals surface area contributed by atoms with Gasteiger partial charge in [0.2, 0.25) is 11.9 Å². The first-order valence-electron chi connectivity index (χ1n) is 6.86. The van der Waals surface area contributed by atoms with E-state index in [4.69, 9.17) is 0 Å². The average molecular weight is 405 g/mol. The molecular formula is C14H12BrF3N4O2. The number of carbonyl (C=O) groups excluding carboxylic acids is 2. The number of rotatable bonds is 1. The minimum Gasteiger partial charge on any atom is -0.318 e. The van der Waals surface area contributed by atoms with Crippen LogP contribution in [0.25, 0.3) is 11.0 Å². The molecular weight excluding hydrogens is 393 g/mol. The third-order valence-electron chi connectivity index (χ3n) is 4.05. The average Bonchev–Trinajstić information content (AvgIpc) is 2.91. The highest BCUT2D eigenvalue weighted by molar-refractivity contribution is 9.10. The van der Waals surface area contributed by atoms with Crippen LogP contribution < -0.4 is 10.6 Å². The minimum absolute atomic E-state index is 0.0874. The van der Waals surface area contributed by atoms with E-state index < -0.39 is 23.7 Å². The largest absolute Gasteiger partial charge is 0.440 e. The molecule has 1 atom stereocenters. The summed E-state index contributed by atoms with van der Waals surface area (Å²) in [6.07, 6.45) is -5.06. The molecule has 0 fully saturated rings. The molecule has 2 heterocycles. The van der Waals surface area contributed by atoms with E-state index in [-0.39, 0.29) is 17.0 Å². The first-order chi connectivity index (χ1) is 11.0. The Balaban J connectivity index is 2.44. The van der Waals surface area contributed by atoms with Crippen LogP contribution in [-0.2, 0) is 15.3 Å². The van der Waals surface area contributed by atoms with Crippen molar-refractivity contribution < 1.29 is 22.8 Å². The summed E-state index contributed by atoms with van der Waals surface area (Å²) in [4.78, 5) is 27.7. The number of amides is 2. The molecule has 0 radical (unpaired) electrons. The maximum Gasteiger partial charge on any atom is 0.440 e. The molecule has 0 bridgehead atoms. The molecule has 1 unspecified atom stereocenters. The van der Waals surface area contributed by atoms with E-state index in [9.17, 15) is 22.8 Å². The number of halogens is 4. The maximum atomic E-state index is 13.9. The van der Waals surface area contributed by atoms with Gasteiger partial charge < -0.3 is 5.32 Å². The van der Waals surface area contributed by atoms with Crippen molar-refractivity contribution in [3.8, 4) is 0 Å². The zero-order valence-electron chi connectivity index (χ0n) is 12.8. The van der Waals surface area contributed by atoms with E-state index in [1.807, 2.05) is 0 Å². The van der Waals surface area contributed by atoms with Gasteiger partial charge in [0, 0.05) is 11.4 Å². The minimum atomic E-state index is -5.06. The Morgan fingerprint density at radius 1 is 1.42 bits per heavy atom. The van der Waals surface area contributed by atoms with Crippen LogP contribution in [0.5, 0.6) is 0 Å². The summed E-state index contributed by atoms with van der Waals surface area (Å²) < 4.78 is 42.8. The van der Waals surface area contributed by atoms with Crippen LogP contribution in [0, 0.1) is 13.8 Å². The summed E-state index contributed by atoms with van der Waals surface area (Å²) in [5.74, 6) is -2.66. The van der Waals surface area contributed by atoms with Crippen molar-refractivity contribution in [1.82, 2.24) is 14.9 Å². The monoisotopic (exact) mass is 404 g/mol. The van der Waals surface area contributed by atoms with E-state index in [0.717, 1.165) is 18.1 Å². The van der Waals surface area contributed by atoms with Gasteiger partial charge >= 0.3 is 6.18 Å². The summed E-state index contributed by atoms with van der Waals surface area (Å²) in [7, 11) is 0. The molecule has 0 saturated carbocycles. The van der Waals surface area contributed by atoms with Gasteiger partial charge in [0.1, 0.15) is 5.52 Å². The Morgan fingerprint density at radius 3 is 2.58 bits per heavy atom. The first kappa shape index (κ1) is 16.7. The van der Waals surface area contributed by atoms with Crippen LogP contribution in [0.2, 0.25) is 0 Å². The summed E-state index contributed by atoms with van der Waals surface area (Å²) in [5.41, 5.74) is -1.33. The van der Waals surface area contributed by atoms with Crippen molar-refractivity contribution in [3.05, 3.63) is 21.7 Å². The lowest BCUT2D eigenvalue weighted by Crippen LogP contribution is -2.63. The van der Waals surface area contributed by atoms with Crippen LogP contribution in [0.1, 0.15) is 18.1 Å². The van der Waals surface area contributed by atoms with Gasteiger partial charge in [0.25, 0.3) is 11.6 Å². The second-order valence-corrected chi connectivity index (χ2v) is 6.41. The zero-order valence-corrected chi connectivity index (χ0v) is 14.4. The number of hydrogen-bond donors (Lipinski definition) is 2. The molecule has 2 amide bonds. The van der Waals surface area contributed by atoms with Crippen molar-refractivity contribution >= 4 is 44.7 Å². The number of alkyl halides is 3. The lowest BCUT2D eigenvalue weighted by molar-refractivity contribution is -0.217. The van der Waals surface area contributed by atoms with Gasteiger partial charge in [0.05, 0.1) is 5.52 Å². The number of nitrogens with one attached hydrogen (secondary N) is 2. The third kappa shape index (κ3) is 1.98. The zero-order chi connectivity index (χ0) is 18.0. The van der Waals surface area contributed by atoms with Crippen LogP contribution >= 0.6 is 15.9 Å². The smallest absolute Gasteiger partial charge is 0.318 e. The number of imidazole rings is 1. The number of anilines is 1. The Bertz CT molecular complexity index is 906. The highest BCUT2D eigenvalue weighted by Crippen LogP contribution is 2.45. The fourth-order valence-corrected chi connectivity index (χ4v) is 3.41. The number of benzene rings is 1. The maximum absolute atomic E-state index is 13.9. The number of hydrogen-bond acceptors (Lipinski definition) is 3. The predicted molar refractivity (Wildman–Crippen MR) is 83.4 cm³/mol. The Morgan fingerprint density at radius 2 is 2.04 bits per heavy atom. The Labute approximate surface area is 142 Å². The molecule has 3 rings (SSSR count). The molecule has 24 heavy (non-hydrogen) atoms. The summed E-state index contributed by atoms with van der Waals surface area (Å²) in [6.45, 7) is 4.45. The SMILES string of the molecule is CC(=O)NC1(C(F)(F)F)C(=O)Nc2nc3c(Br)c(C)c(C)cc3n21. The highest BCUT2D eigenvalue weighted by Gasteiger charge is 2.67. The van der Waals surface area contributed by atoms with E-state index in [2.05, 4.69) is 26.2 Å². The molecule has 0 saturated heterocycles. The second-order valence-electron chi connectivity index (χ2n) is 5.61. The molecule has 6 nitrogen and oxygen atoms in total. The quantitative estimate of drug-likeness (QED) is 0.766. The molecule has 0 aliphatic carbocycles. The number of fused-ring (bicyclic) bond motifs is 3. The van der Waals surface area contributed by atoms with Gasteiger partial charge in [-0.25, -0.2) is 4.98 Å². The molecule has 2 aromatic rings. The standard InChI is InChI=1S/C14H12BrF3N4O2/c1-5-4-8-10(9(15)6(5)2)19-12-20-11(24)13(22(8)12,14(16,17)18)21-7(3)23/h4H,1-3H3,(H,21,23)(H,19,20,24). The summed E-state index contributed by atoms with van der Waals surface area (Å²) >= 11 is 3.33. The third-order valence-corrected chi connectivity index (χ3v) is 5.02. The van der Waals surface area contributed by atoms with E-state index in [1.165, 1.54) is 6.07 Å². The van der Waals surface area contributed by atoms with Crippen LogP contribution in [-0.4, -0.2) is 27.5 Å².